The van der Waals surface area contributed by atoms with Crippen LogP contribution in [0.5, 0.6) is 11.5 Å². The second-order valence-corrected chi connectivity index (χ2v) is 5.38. The van der Waals surface area contributed by atoms with Gasteiger partial charge in [-0.3, -0.25) is 0 Å². The minimum Gasteiger partial charge on any atom is -0.490 e. The maximum absolute atomic E-state index is 8.58. The molecule has 0 aliphatic heterocycles. The second-order valence-electron chi connectivity index (χ2n) is 5.38. The SMILES string of the molecule is ON=Cc1cccc(OCCOc2ccccc2-c2ccccc2)c1. The van der Waals surface area contributed by atoms with E-state index in [9.17, 15) is 0 Å². The standard InChI is InChI=1S/C21H19NO3/c23-22-16-17-7-6-10-19(15-17)24-13-14-25-21-12-5-4-11-20(21)18-8-2-1-3-9-18/h1-12,15-16,23H,13-14H2. The summed E-state index contributed by atoms with van der Waals surface area (Å²) in [6, 6.07) is 25.4. The molecule has 3 aromatic rings. The number of hydrogen-bond acceptors (Lipinski definition) is 4. The lowest BCUT2D eigenvalue weighted by atomic mass is 10.1. The van der Waals surface area contributed by atoms with Crippen molar-refractivity contribution in [3.8, 4) is 22.6 Å². The Bertz CT molecular complexity index is 831. The first-order valence-electron chi connectivity index (χ1n) is 8.04. The number of benzene rings is 3. The van der Waals surface area contributed by atoms with Crippen molar-refractivity contribution in [3.63, 3.8) is 0 Å². The molecule has 4 nitrogen and oxygen atoms in total. The van der Waals surface area contributed by atoms with Gasteiger partial charge >= 0.3 is 0 Å². The Morgan fingerprint density at radius 2 is 1.56 bits per heavy atom. The average Bonchev–Trinajstić information content (AvgIpc) is 2.67. The van der Waals surface area contributed by atoms with Crippen LogP contribution in [0.4, 0.5) is 0 Å². The summed E-state index contributed by atoms with van der Waals surface area (Å²) >= 11 is 0. The summed E-state index contributed by atoms with van der Waals surface area (Å²) in [4.78, 5) is 0. The number of oxime groups is 1. The van der Waals surface area contributed by atoms with Crippen LogP contribution in [-0.4, -0.2) is 24.6 Å². The fourth-order valence-corrected chi connectivity index (χ4v) is 2.51. The molecule has 0 aromatic heterocycles. The van der Waals surface area contributed by atoms with Crippen molar-refractivity contribution in [1.29, 1.82) is 0 Å². The summed E-state index contributed by atoms with van der Waals surface area (Å²) in [5.41, 5.74) is 2.95. The Labute approximate surface area is 147 Å². The molecule has 0 fully saturated rings. The molecule has 0 aliphatic carbocycles. The quantitative estimate of drug-likeness (QED) is 0.297. The molecule has 0 radical (unpaired) electrons. The highest BCUT2D eigenvalue weighted by Gasteiger charge is 2.05. The molecule has 0 saturated heterocycles. The van der Waals surface area contributed by atoms with Crippen molar-refractivity contribution in [3.05, 3.63) is 84.4 Å². The largest absolute Gasteiger partial charge is 0.490 e. The van der Waals surface area contributed by atoms with E-state index in [1.54, 1.807) is 6.07 Å². The van der Waals surface area contributed by atoms with Gasteiger partial charge in [-0.2, -0.15) is 0 Å². The zero-order valence-corrected chi connectivity index (χ0v) is 13.7. The Balaban J connectivity index is 1.59. The van der Waals surface area contributed by atoms with Gasteiger partial charge in [0.15, 0.2) is 0 Å². The third-order valence-electron chi connectivity index (χ3n) is 3.65. The van der Waals surface area contributed by atoms with E-state index >= 15 is 0 Å². The first kappa shape index (κ1) is 16.6. The minimum absolute atomic E-state index is 0.419. The maximum atomic E-state index is 8.58. The molecule has 0 saturated carbocycles. The molecule has 126 valence electrons. The predicted octanol–water partition coefficient (Wildman–Crippen LogP) is 4.62. The lowest BCUT2D eigenvalue weighted by Crippen LogP contribution is -2.09. The van der Waals surface area contributed by atoms with E-state index in [0.29, 0.717) is 19.0 Å². The maximum Gasteiger partial charge on any atom is 0.127 e. The van der Waals surface area contributed by atoms with E-state index in [2.05, 4.69) is 17.3 Å². The number of hydrogen-bond donors (Lipinski definition) is 1. The van der Waals surface area contributed by atoms with Crippen LogP contribution in [-0.2, 0) is 0 Å². The average molecular weight is 333 g/mol. The molecule has 0 atom stereocenters. The molecule has 0 spiro atoms. The fraction of sp³-hybridized carbons (Fsp3) is 0.0952. The highest BCUT2D eigenvalue weighted by molar-refractivity contribution is 5.79. The van der Waals surface area contributed by atoms with E-state index in [4.69, 9.17) is 14.7 Å². The number of rotatable bonds is 7. The van der Waals surface area contributed by atoms with Crippen molar-refractivity contribution >= 4 is 6.21 Å². The van der Waals surface area contributed by atoms with Crippen LogP contribution < -0.4 is 9.47 Å². The van der Waals surface area contributed by atoms with Crippen molar-refractivity contribution < 1.29 is 14.7 Å². The number of ether oxygens (including phenoxy) is 2. The molecule has 3 rings (SSSR count). The van der Waals surface area contributed by atoms with Gasteiger partial charge in [0.1, 0.15) is 24.7 Å². The first-order valence-corrected chi connectivity index (χ1v) is 8.04. The molecule has 0 amide bonds. The smallest absolute Gasteiger partial charge is 0.127 e. The molecule has 1 N–H and O–H groups in total. The summed E-state index contributed by atoms with van der Waals surface area (Å²) in [7, 11) is 0. The van der Waals surface area contributed by atoms with Crippen molar-refractivity contribution in [2.24, 2.45) is 5.16 Å². The predicted molar refractivity (Wildman–Crippen MR) is 98.7 cm³/mol. The summed E-state index contributed by atoms with van der Waals surface area (Å²) < 4.78 is 11.6. The van der Waals surface area contributed by atoms with Crippen LogP contribution in [0.15, 0.2) is 84.0 Å². The molecule has 3 aromatic carbocycles. The van der Waals surface area contributed by atoms with Gasteiger partial charge in [-0.1, -0.05) is 65.8 Å². The van der Waals surface area contributed by atoms with Gasteiger partial charge in [0, 0.05) is 5.56 Å². The van der Waals surface area contributed by atoms with Crippen molar-refractivity contribution in [2.75, 3.05) is 13.2 Å². The van der Waals surface area contributed by atoms with Crippen LogP contribution in [0.3, 0.4) is 0 Å². The molecule has 0 bridgehead atoms. The number of nitrogens with zero attached hydrogens (tertiary/aromatic N) is 1. The zero-order chi connectivity index (χ0) is 17.3. The fourth-order valence-electron chi connectivity index (χ4n) is 2.51. The molecular formula is C21H19NO3. The van der Waals surface area contributed by atoms with E-state index in [-0.39, 0.29) is 0 Å². The lowest BCUT2D eigenvalue weighted by Gasteiger charge is -2.12. The van der Waals surface area contributed by atoms with Crippen LogP contribution >= 0.6 is 0 Å². The minimum atomic E-state index is 0.419. The Morgan fingerprint density at radius 1 is 0.800 bits per heavy atom. The van der Waals surface area contributed by atoms with Crippen molar-refractivity contribution in [2.45, 2.75) is 0 Å². The third-order valence-corrected chi connectivity index (χ3v) is 3.65. The Hall–Kier alpha value is -3.27. The van der Waals surface area contributed by atoms with Crippen LogP contribution in [0.25, 0.3) is 11.1 Å². The van der Waals surface area contributed by atoms with Gasteiger partial charge in [-0.25, -0.2) is 0 Å². The van der Waals surface area contributed by atoms with E-state index in [1.165, 1.54) is 6.21 Å². The molecule has 0 aliphatic rings. The summed E-state index contributed by atoms with van der Waals surface area (Å²) in [5, 5.41) is 11.6. The van der Waals surface area contributed by atoms with Crippen LogP contribution in [0, 0.1) is 0 Å². The third kappa shape index (κ3) is 4.61. The van der Waals surface area contributed by atoms with E-state index < -0.39 is 0 Å². The molecular weight excluding hydrogens is 314 g/mol. The Kier molecular flexibility index (Phi) is 5.67. The molecule has 0 heterocycles. The topological polar surface area (TPSA) is 51.1 Å². The summed E-state index contributed by atoms with van der Waals surface area (Å²) in [5.74, 6) is 1.54. The van der Waals surface area contributed by atoms with Gasteiger partial charge in [0.2, 0.25) is 0 Å². The number of para-hydroxylation sites is 1. The van der Waals surface area contributed by atoms with Gasteiger partial charge in [-0.05, 0) is 29.3 Å². The molecule has 0 unspecified atom stereocenters. The van der Waals surface area contributed by atoms with Crippen LogP contribution in [0.1, 0.15) is 5.56 Å². The van der Waals surface area contributed by atoms with Gasteiger partial charge in [0.05, 0.1) is 6.21 Å². The normalized spacial score (nSPS) is 10.7. The summed E-state index contributed by atoms with van der Waals surface area (Å²) in [6.45, 7) is 0.852. The zero-order valence-electron chi connectivity index (χ0n) is 13.7. The summed E-state index contributed by atoms with van der Waals surface area (Å²) in [6.07, 6.45) is 1.36. The van der Waals surface area contributed by atoms with Crippen molar-refractivity contribution in [1.82, 2.24) is 0 Å². The Morgan fingerprint density at radius 3 is 2.40 bits per heavy atom. The van der Waals surface area contributed by atoms with E-state index in [1.807, 2.05) is 60.7 Å². The highest BCUT2D eigenvalue weighted by Crippen LogP contribution is 2.29. The molecule has 25 heavy (non-hydrogen) atoms. The second kappa shape index (κ2) is 8.55. The van der Waals surface area contributed by atoms with Gasteiger partial charge in [-0.15, -0.1) is 0 Å². The lowest BCUT2D eigenvalue weighted by molar-refractivity contribution is 0.217. The monoisotopic (exact) mass is 333 g/mol. The van der Waals surface area contributed by atoms with Crippen LogP contribution in [0.2, 0.25) is 0 Å². The molecule has 4 heteroatoms. The van der Waals surface area contributed by atoms with Gasteiger partial charge < -0.3 is 14.7 Å². The van der Waals surface area contributed by atoms with E-state index in [0.717, 1.165) is 22.4 Å². The first-order chi connectivity index (χ1) is 12.4. The highest BCUT2D eigenvalue weighted by atomic mass is 16.5. The van der Waals surface area contributed by atoms with Gasteiger partial charge in [0.25, 0.3) is 0 Å².